The van der Waals surface area contributed by atoms with E-state index in [0.29, 0.717) is 32.5 Å². The first-order valence-corrected chi connectivity index (χ1v) is 9.31. The van der Waals surface area contributed by atoms with Gasteiger partial charge in [0, 0.05) is 27.0 Å². The van der Waals surface area contributed by atoms with Crippen LogP contribution in [-0.2, 0) is 0 Å². The monoisotopic (exact) mass is 392 g/mol. The Balaban J connectivity index is 1.77. The quantitative estimate of drug-likeness (QED) is 0.500. The highest BCUT2D eigenvalue weighted by Crippen LogP contribution is 2.36. The van der Waals surface area contributed by atoms with E-state index >= 15 is 0 Å². The Labute approximate surface area is 163 Å². The molecule has 0 amide bonds. The molecule has 0 aliphatic carbocycles. The molecule has 4 aromatic rings. The number of thiophene rings is 1. The van der Waals surface area contributed by atoms with Gasteiger partial charge < -0.3 is 0 Å². The fourth-order valence-corrected chi connectivity index (χ4v) is 3.96. The summed E-state index contributed by atoms with van der Waals surface area (Å²) in [6.07, 6.45) is 1.52. The lowest BCUT2D eigenvalue weighted by atomic mass is 10.2. The topological polar surface area (TPSA) is 73.9 Å². The van der Waals surface area contributed by atoms with Gasteiger partial charge in [0.05, 0.1) is 16.8 Å². The van der Waals surface area contributed by atoms with Gasteiger partial charge in [-0.25, -0.2) is 9.67 Å². The molecule has 0 spiro atoms. The highest BCUT2D eigenvalue weighted by atomic mass is 35.5. The summed E-state index contributed by atoms with van der Waals surface area (Å²) in [5, 5.41) is 14.6. The molecule has 0 fully saturated rings. The molecule has 0 atom stereocenters. The molecule has 4 rings (SSSR count). The number of hydrogen-bond acceptors (Lipinski definition) is 4. The fraction of sp³-hybridized carbons (Fsp3) is 0.0500. The number of benzene rings is 2. The highest BCUT2D eigenvalue weighted by Gasteiger charge is 2.13. The molecule has 0 saturated carbocycles. The summed E-state index contributed by atoms with van der Waals surface area (Å²) in [7, 11) is 0. The number of aryl methyl sites for hydroxylation is 1. The third-order valence-corrected chi connectivity index (χ3v) is 5.53. The van der Waals surface area contributed by atoms with Gasteiger partial charge in [-0.05, 0) is 37.3 Å². The largest absolute Gasteiger partial charge is 0.295 e. The number of fused-ring (bicyclic) bond motifs is 1. The summed E-state index contributed by atoms with van der Waals surface area (Å²) < 4.78 is 2.44. The molecule has 0 aliphatic heterocycles. The number of nitrogens with one attached hydrogen (secondary N) is 1. The van der Waals surface area contributed by atoms with Gasteiger partial charge in [0.1, 0.15) is 11.1 Å². The number of aliphatic imine (C=N–C) groups is 1. The Morgan fingerprint density at radius 2 is 1.96 bits per heavy atom. The van der Waals surface area contributed by atoms with E-state index in [1.165, 1.54) is 22.2 Å². The van der Waals surface area contributed by atoms with E-state index in [9.17, 15) is 10.1 Å². The van der Waals surface area contributed by atoms with Crippen LogP contribution in [0.2, 0.25) is 5.02 Å². The second-order valence-electron chi connectivity index (χ2n) is 5.92. The lowest BCUT2D eigenvalue weighted by Crippen LogP contribution is -2.17. The van der Waals surface area contributed by atoms with Crippen LogP contribution in [0.5, 0.6) is 0 Å². The summed E-state index contributed by atoms with van der Waals surface area (Å²) in [4.78, 5) is 17.2. The van der Waals surface area contributed by atoms with Crippen molar-refractivity contribution in [3.63, 3.8) is 0 Å². The van der Waals surface area contributed by atoms with Gasteiger partial charge in [-0.3, -0.25) is 9.89 Å². The van der Waals surface area contributed by atoms with Crippen molar-refractivity contribution in [1.29, 1.82) is 5.26 Å². The molecule has 2 heterocycles. The van der Waals surface area contributed by atoms with Crippen molar-refractivity contribution in [2.24, 2.45) is 4.99 Å². The third kappa shape index (κ3) is 3.08. The average molecular weight is 393 g/mol. The molecular formula is C20H13ClN4OS. The number of halogens is 1. The van der Waals surface area contributed by atoms with E-state index in [1.54, 1.807) is 24.3 Å². The number of aromatic amines is 1. The second-order valence-corrected chi connectivity index (χ2v) is 7.38. The number of aromatic nitrogens is 2. The zero-order chi connectivity index (χ0) is 19.0. The smallest absolute Gasteiger partial charge is 0.280 e. The molecule has 0 aliphatic rings. The Morgan fingerprint density at radius 1 is 1.22 bits per heavy atom. The van der Waals surface area contributed by atoms with Gasteiger partial charge in [0.25, 0.3) is 5.56 Å². The van der Waals surface area contributed by atoms with Gasteiger partial charge in [-0.1, -0.05) is 29.8 Å². The summed E-state index contributed by atoms with van der Waals surface area (Å²) in [5.41, 5.74) is 2.15. The molecule has 0 saturated heterocycles. The maximum Gasteiger partial charge on any atom is 0.280 e. The minimum atomic E-state index is -0.210. The van der Waals surface area contributed by atoms with E-state index in [0.717, 1.165) is 10.1 Å². The fourth-order valence-electron chi connectivity index (χ4n) is 2.84. The van der Waals surface area contributed by atoms with Gasteiger partial charge in [-0.15, -0.1) is 11.3 Å². The first-order chi connectivity index (χ1) is 13.1. The SMILES string of the molecule is Cc1[nH]n(-c2ccc(Cl)cc2)c(=O)c1/C=N/c1sc2ccccc2c1C#N. The predicted octanol–water partition coefficient (Wildman–Crippen LogP) is 4.96. The van der Waals surface area contributed by atoms with E-state index < -0.39 is 0 Å². The molecule has 2 aromatic carbocycles. The zero-order valence-electron chi connectivity index (χ0n) is 14.2. The highest BCUT2D eigenvalue weighted by molar-refractivity contribution is 7.22. The molecule has 7 heteroatoms. The van der Waals surface area contributed by atoms with Crippen molar-refractivity contribution in [2.75, 3.05) is 0 Å². The second kappa shape index (κ2) is 6.88. The molecule has 0 bridgehead atoms. The molecule has 0 unspecified atom stereocenters. The molecule has 5 nitrogen and oxygen atoms in total. The molecule has 0 radical (unpaired) electrons. The van der Waals surface area contributed by atoms with Crippen LogP contribution in [0.1, 0.15) is 16.8 Å². The van der Waals surface area contributed by atoms with Crippen LogP contribution >= 0.6 is 22.9 Å². The summed E-state index contributed by atoms with van der Waals surface area (Å²) in [5.74, 6) is 0. The van der Waals surface area contributed by atoms with Crippen molar-refractivity contribution >= 4 is 44.2 Å². The van der Waals surface area contributed by atoms with Crippen LogP contribution in [0.15, 0.2) is 58.3 Å². The van der Waals surface area contributed by atoms with Crippen LogP contribution < -0.4 is 5.56 Å². The normalized spacial score (nSPS) is 11.3. The van der Waals surface area contributed by atoms with E-state index in [4.69, 9.17) is 11.6 Å². The van der Waals surface area contributed by atoms with Crippen LogP contribution in [0.25, 0.3) is 15.8 Å². The third-order valence-electron chi connectivity index (χ3n) is 4.20. The van der Waals surface area contributed by atoms with Gasteiger partial charge in [0.15, 0.2) is 0 Å². The van der Waals surface area contributed by atoms with Crippen molar-refractivity contribution in [3.8, 4) is 11.8 Å². The number of H-pyrrole nitrogens is 1. The van der Waals surface area contributed by atoms with Crippen LogP contribution in [0.4, 0.5) is 5.00 Å². The number of rotatable bonds is 3. The lowest BCUT2D eigenvalue weighted by Gasteiger charge is -2.00. The first-order valence-electron chi connectivity index (χ1n) is 8.11. The minimum Gasteiger partial charge on any atom is -0.295 e. The van der Waals surface area contributed by atoms with Crippen molar-refractivity contribution < 1.29 is 0 Å². The zero-order valence-corrected chi connectivity index (χ0v) is 15.8. The van der Waals surface area contributed by atoms with Crippen LogP contribution in [-0.4, -0.2) is 16.0 Å². The Morgan fingerprint density at radius 3 is 2.70 bits per heavy atom. The summed E-state index contributed by atoms with van der Waals surface area (Å²) >= 11 is 7.34. The van der Waals surface area contributed by atoms with E-state index in [1.807, 2.05) is 31.2 Å². The van der Waals surface area contributed by atoms with Crippen LogP contribution in [0, 0.1) is 18.3 Å². The van der Waals surface area contributed by atoms with Crippen molar-refractivity contribution in [3.05, 3.63) is 80.7 Å². The molecular weight excluding hydrogens is 380 g/mol. The Hall–Kier alpha value is -3.14. The molecule has 2 aromatic heterocycles. The standard InChI is InChI=1S/C20H13ClN4OS/c1-12-17(20(26)25(24-12)14-8-6-13(21)7-9-14)11-23-19-16(10-22)15-4-2-3-5-18(15)27-19/h2-9,11,24H,1H3/b23-11+. The van der Waals surface area contributed by atoms with Gasteiger partial charge >= 0.3 is 0 Å². The first kappa shape index (κ1) is 17.3. The molecule has 27 heavy (non-hydrogen) atoms. The molecule has 1 N–H and O–H groups in total. The predicted molar refractivity (Wildman–Crippen MR) is 110 cm³/mol. The van der Waals surface area contributed by atoms with Crippen molar-refractivity contribution in [2.45, 2.75) is 6.92 Å². The number of nitrogens with zero attached hydrogens (tertiary/aromatic N) is 3. The maximum atomic E-state index is 12.8. The van der Waals surface area contributed by atoms with E-state index in [-0.39, 0.29) is 5.56 Å². The van der Waals surface area contributed by atoms with Gasteiger partial charge in [-0.2, -0.15) is 5.26 Å². The van der Waals surface area contributed by atoms with E-state index in [2.05, 4.69) is 16.2 Å². The number of hydrogen-bond donors (Lipinski definition) is 1. The Kier molecular flexibility index (Phi) is 4.40. The minimum absolute atomic E-state index is 0.210. The maximum absolute atomic E-state index is 12.8. The molecule has 132 valence electrons. The average Bonchev–Trinajstić information content (AvgIpc) is 3.17. The Bertz CT molecular complexity index is 1270. The lowest BCUT2D eigenvalue weighted by molar-refractivity contribution is 0.835. The van der Waals surface area contributed by atoms with Crippen molar-refractivity contribution in [1.82, 2.24) is 9.78 Å². The summed E-state index contributed by atoms with van der Waals surface area (Å²) in [6.45, 7) is 1.81. The summed E-state index contributed by atoms with van der Waals surface area (Å²) in [6, 6.07) is 16.9. The number of nitriles is 1. The van der Waals surface area contributed by atoms with Gasteiger partial charge in [0.2, 0.25) is 0 Å². The van der Waals surface area contributed by atoms with Crippen LogP contribution in [0.3, 0.4) is 0 Å².